The lowest BCUT2D eigenvalue weighted by molar-refractivity contribution is 0.0438. The number of aromatic nitrogens is 2. The lowest BCUT2D eigenvalue weighted by atomic mass is 9.96. The van der Waals surface area contributed by atoms with Crippen LogP contribution in [0.25, 0.3) is 0 Å². The molecule has 0 bridgehead atoms. The predicted molar refractivity (Wildman–Crippen MR) is 121 cm³/mol. The molecule has 3 aliphatic rings. The Hall–Kier alpha value is -3.02. The molecule has 188 valence electrons. The first-order valence-electron chi connectivity index (χ1n) is 11.4. The van der Waals surface area contributed by atoms with E-state index in [0.717, 1.165) is 44.3 Å². The van der Waals surface area contributed by atoms with Crippen LogP contribution in [0.15, 0.2) is 29.4 Å². The highest BCUT2D eigenvalue weighted by atomic mass is 32.2. The van der Waals surface area contributed by atoms with Crippen molar-refractivity contribution in [1.29, 1.82) is 0 Å². The number of amides is 1. The number of carbonyl (C=O) groups excluding carboxylic acids is 1. The largest absolute Gasteiger partial charge is 0.475 e. The summed E-state index contributed by atoms with van der Waals surface area (Å²) in [5.74, 6) is -2.06. The fourth-order valence-electron chi connectivity index (χ4n) is 4.39. The maximum atomic E-state index is 15.0. The number of piperidine rings is 1. The quantitative estimate of drug-likeness (QED) is 0.603. The van der Waals surface area contributed by atoms with Crippen LogP contribution in [-0.4, -0.2) is 60.9 Å². The number of nitrogens with one attached hydrogen (secondary N) is 1. The maximum absolute atomic E-state index is 15.0. The van der Waals surface area contributed by atoms with Crippen LogP contribution in [0.3, 0.4) is 0 Å². The van der Waals surface area contributed by atoms with Gasteiger partial charge in [-0.1, -0.05) is 0 Å². The second-order valence-electron chi connectivity index (χ2n) is 9.95. The van der Waals surface area contributed by atoms with E-state index >= 15 is 0 Å². The van der Waals surface area contributed by atoms with Crippen molar-refractivity contribution in [2.75, 3.05) is 31.3 Å². The highest BCUT2D eigenvalue weighted by molar-refractivity contribution is 7.90. The van der Waals surface area contributed by atoms with Crippen molar-refractivity contribution in [3.8, 4) is 5.88 Å². The Morgan fingerprint density at radius 1 is 1.26 bits per heavy atom. The van der Waals surface area contributed by atoms with Gasteiger partial charge in [-0.2, -0.15) is 9.37 Å². The van der Waals surface area contributed by atoms with Crippen LogP contribution in [0, 0.1) is 23.0 Å². The van der Waals surface area contributed by atoms with Crippen LogP contribution < -0.4 is 10.1 Å². The van der Waals surface area contributed by atoms with Gasteiger partial charge in [-0.25, -0.2) is 22.6 Å². The minimum Gasteiger partial charge on any atom is -0.475 e. The van der Waals surface area contributed by atoms with Crippen molar-refractivity contribution in [3.63, 3.8) is 0 Å². The molecule has 2 aromatic rings. The molecule has 1 N–H and O–H groups in total. The molecule has 12 heteroatoms. The molecule has 5 rings (SSSR count). The van der Waals surface area contributed by atoms with Gasteiger partial charge < -0.3 is 19.7 Å². The minimum absolute atomic E-state index is 0.138. The third-order valence-corrected chi connectivity index (χ3v) is 8.21. The second-order valence-corrected chi connectivity index (χ2v) is 12.0. The number of fused-ring (bicyclic) bond motifs is 1. The molecule has 0 spiro atoms. The average molecular weight is 509 g/mol. The molecular formula is C23H26F2N4O5S. The molecular weight excluding hydrogens is 482 g/mol. The highest BCUT2D eigenvalue weighted by Crippen LogP contribution is 2.58. The van der Waals surface area contributed by atoms with Gasteiger partial charge in [0.25, 0.3) is 5.88 Å². The number of rotatable bonds is 7. The normalized spacial score (nSPS) is 24.3. The SMILES string of the molecule is CC1(OC(=O)N2CCC3(COc4ncnc(Nc5ccc(S(C)(=O)=O)cc5F)c4F)CC3C2)CC1. The minimum atomic E-state index is -3.58. The third kappa shape index (κ3) is 4.89. The first-order valence-corrected chi connectivity index (χ1v) is 13.3. The molecule has 1 amide bonds. The fraction of sp³-hybridized carbons (Fsp3) is 0.522. The first-order chi connectivity index (χ1) is 16.5. The average Bonchev–Trinajstić information content (AvgIpc) is 3.70. The third-order valence-electron chi connectivity index (χ3n) is 7.10. The van der Waals surface area contributed by atoms with E-state index in [1.165, 1.54) is 12.1 Å². The molecule has 35 heavy (non-hydrogen) atoms. The number of hydrogen-bond acceptors (Lipinski definition) is 8. The summed E-state index contributed by atoms with van der Waals surface area (Å²) < 4.78 is 63.8. The Morgan fingerprint density at radius 2 is 2.03 bits per heavy atom. The molecule has 1 aromatic carbocycles. The van der Waals surface area contributed by atoms with E-state index in [-0.39, 0.29) is 51.9 Å². The van der Waals surface area contributed by atoms with E-state index < -0.39 is 21.5 Å². The van der Waals surface area contributed by atoms with Crippen LogP contribution in [0.2, 0.25) is 0 Å². The zero-order valence-electron chi connectivity index (χ0n) is 19.4. The zero-order valence-corrected chi connectivity index (χ0v) is 20.2. The molecule has 1 aliphatic heterocycles. The van der Waals surface area contributed by atoms with Crippen molar-refractivity contribution in [2.24, 2.45) is 11.3 Å². The highest BCUT2D eigenvalue weighted by Gasteiger charge is 2.58. The van der Waals surface area contributed by atoms with Gasteiger partial charge in [0.2, 0.25) is 5.82 Å². The van der Waals surface area contributed by atoms with Crippen molar-refractivity contribution in [1.82, 2.24) is 14.9 Å². The summed E-state index contributed by atoms with van der Waals surface area (Å²) in [7, 11) is -3.58. The Kier molecular flexibility index (Phi) is 5.61. The molecule has 9 nitrogen and oxygen atoms in total. The van der Waals surface area contributed by atoms with E-state index in [9.17, 15) is 22.0 Å². The Balaban J connectivity index is 1.20. The van der Waals surface area contributed by atoms with E-state index in [0.29, 0.717) is 13.1 Å². The summed E-state index contributed by atoms with van der Waals surface area (Å²) >= 11 is 0. The van der Waals surface area contributed by atoms with Gasteiger partial charge >= 0.3 is 6.09 Å². The van der Waals surface area contributed by atoms with Gasteiger partial charge in [-0.15, -0.1) is 0 Å². The molecule has 2 unspecified atom stereocenters. The van der Waals surface area contributed by atoms with Gasteiger partial charge in [-0.3, -0.25) is 0 Å². The molecule has 3 fully saturated rings. The number of sulfone groups is 1. The van der Waals surface area contributed by atoms with Crippen molar-refractivity contribution < 1.29 is 31.5 Å². The van der Waals surface area contributed by atoms with Gasteiger partial charge in [0.05, 0.1) is 17.2 Å². The topological polar surface area (TPSA) is 111 Å². The van der Waals surface area contributed by atoms with Crippen LogP contribution in [0.5, 0.6) is 5.88 Å². The number of ether oxygens (including phenoxy) is 2. The second kappa shape index (κ2) is 8.28. The summed E-state index contributed by atoms with van der Waals surface area (Å²) in [6.07, 6.45) is 5.17. The molecule has 2 aliphatic carbocycles. The van der Waals surface area contributed by atoms with Crippen LogP contribution >= 0.6 is 0 Å². The van der Waals surface area contributed by atoms with Gasteiger partial charge in [0.1, 0.15) is 17.7 Å². The Morgan fingerprint density at radius 3 is 2.69 bits per heavy atom. The molecule has 2 heterocycles. The standard InChI is InChI=1S/C23H26F2N4O5S/c1-22(5-6-22)34-21(30)29-8-7-23(10-14(23)11-29)12-33-20-18(25)19(26-13-27-20)28-17-4-3-15(9-16(17)24)35(2,31)32/h3-4,9,13-14H,5-8,10-12H2,1-2H3,(H,26,27,28). The lowest BCUT2D eigenvalue weighted by Gasteiger charge is -2.31. The monoisotopic (exact) mass is 508 g/mol. The molecule has 2 saturated carbocycles. The summed E-state index contributed by atoms with van der Waals surface area (Å²) in [5.41, 5.74) is -0.590. The van der Waals surface area contributed by atoms with Crippen LogP contribution in [0.1, 0.15) is 32.6 Å². The molecule has 0 radical (unpaired) electrons. The van der Waals surface area contributed by atoms with E-state index in [4.69, 9.17) is 9.47 Å². The van der Waals surface area contributed by atoms with Gasteiger partial charge in [0.15, 0.2) is 15.7 Å². The van der Waals surface area contributed by atoms with E-state index in [2.05, 4.69) is 15.3 Å². The first kappa shape index (κ1) is 23.7. The van der Waals surface area contributed by atoms with Crippen molar-refractivity contribution in [3.05, 3.63) is 36.2 Å². The number of nitrogens with zero attached hydrogens (tertiary/aromatic N) is 3. The number of hydrogen-bond donors (Lipinski definition) is 1. The van der Waals surface area contributed by atoms with Gasteiger partial charge in [0, 0.05) is 24.8 Å². The maximum Gasteiger partial charge on any atom is 0.410 e. The van der Waals surface area contributed by atoms with Crippen LogP contribution in [0.4, 0.5) is 25.1 Å². The number of benzene rings is 1. The molecule has 1 aromatic heterocycles. The van der Waals surface area contributed by atoms with Crippen molar-refractivity contribution in [2.45, 2.75) is 43.1 Å². The number of anilines is 2. The smallest absolute Gasteiger partial charge is 0.410 e. The fourth-order valence-corrected chi connectivity index (χ4v) is 5.02. The zero-order chi connectivity index (χ0) is 25.0. The lowest BCUT2D eigenvalue weighted by Crippen LogP contribution is -2.42. The number of likely N-dealkylation sites (tertiary alicyclic amines) is 1. The van der Waals surface area contributed by atoms with Crippen LogP contribution in [-0.2, 0) is 14.6 Å². The molecule has 2 atom stereocenters. The number of carbonyl (C=O) groups is 1. The predicted octanol–water partition coefficient (Wildman–Crippen LogP) is 3.68. The van der Waals surface area contributed by atoms with Crippen molar-refractivity contribution >= 4 is 27.4 Å². The number of halogens is 2. The summed E-state index contributed by atoms with van der Waals surface area (Å²) in [6.45, 7) is 3.31. The molecule has 1 saturated heterocycles. The summed E-state index contributed by atoms with van der Waals surface area (Å²) in [6, 6.07) is 3.27. The Bertz CT molecular complexity index is 1290. The van der Waals surface area contributed by atoms with Gasteiger partial charge in [-0.05, 0) is 56.7 Å². The van der Waals surface area contributed by atoms with E-state index in [1.807, 2.05) is 6.92 Å². The van der Waals surface area contributed by atoms with E-state index in [1.54, 1.807) is 4.90 Å². The summed E-state index contributed by atoms with van der Waals surface area (Å²) in [5, 5.41) is 2.53. The summed E-state index contributed by atoms with van der Waals surface area (Å²) in [4.78, 5) is 21.6. The Labute approximate surface area is 201 Å².